The van der Waals surface area contributed by atoms with Crippen molar-refractivity contribution in [2.75, 3.05) is 0 Å². The minimum atomic E-state index is -0.514. The van der Waals surface area contributed by atoms with E-state index in [0.29, 0.717) is 29.7 Å². The van der Waals surface area contributed by atoms with E-state index in [1.807, 2.05) is 0 Å². The van der Waals surface area contributed by atoms with Gasteiger partial charge < -0.3 is 21.5 Å². The molecule has 3 atom stereocenters. The second-order valence-corrected chi connectivity index (χ2v) is 7.99. The normalized spacial score (nSPS) is 29.7. The summed E-state index contributed by atoms with van der Waals surface area (Å²) in [7, 11) is 0. The van der Waals surface area contributed by atoms with Crippen LogP contribution >= 0.6 is 0 Å². The lowest BCUT2D eigenvalue weighted by atomic mass is 9.85. The van der Waals surface area contributed by atoms with E-state index in [4.69, 9.17) is 10.7 Å². The number of hydrogen-bond donors (Lipinski definition) is 4. The Hall–Kier alpha value is -1.89. The molecule has 0 radical (unpaired) electrons. The number of aliphatic hydroxyl groups excluding tert-OH is 1. The van der Waals surface area contributed by atoms with E-state index >= 15 is 0 Å². The third kappa shape index (κ3) is 5.30. The average Bonchev–Trinajstić information content (AvgIpc) is 3.02. The predicted molar refractivity (Wildman–Crippen MR) is 105 cm³/mol. The first-order valence-corrected chi connectivity index (χ1v) is 9.53. The van der Waals surface area contributed by atoms with Crippen molar-refractivity contribution >= 4 is 18.6 Å². The van der Waals surface area contributed by atoms with Crippen molar-refractivity contribution in [2.24, 2.45) is 21.6 Å². The zero-order chi connectivity index (χ0) is 19.3. The molecule has 2 rings (SSSR count). The van der Waals surface area contributed by atoms with Gasteiger partial charge in [-0.2, -0.15) is 0 Å². The highest BCUT2D eigenvalue weighted by Gasteiger charge is 2.30. The molecule has 2 saturated carbocycles. The van der Waals surface area contributed by atoms with Crippen LogP contribution in [-0.2, 0) is 4.79 Å². The number of nitrogens with two attached hydrogens (primary N) is 1. The molecule has 146 valence electrons. The summed E-state index contributed by atoms with van der Waals surface area (Å²) in [5.74, 6) is 0.666. The van der Waals surface area contributed by atoms with E-state index < -0.39 is 5.91 Å². The van der Waals surface area contributed by atoms with Crippen LogP contribution in [0.1, 0.15) is 65.7 Å². The second kappa shape index (κ2) is 8.66. The van der Waals surface area contributed by atoms with E-state index in [1.165, 1.54) is 0 Å². The Bertz CT molecular complexity index is 593. The summed E-state index contributed by atoms with van der Waals surface area (Å²) < 4.78 is 0. The first kappa shape index (κ1) is 20.4. The number of guanidine groups is 1. The highest BCUT2D eigenvalue weighted by atomic mass is 16.3. The van der Waals surface area contributed by atoms with Crippen LogP contribution in [0.15, 0.2) is 21.4 Å². The number of carbonyl (C=O) groups excluding carboxylic acids is 1. The molecule has 5 N–H and O–H groups in total. The van der Waals surface area contributed by atoms with Gasteiger partial charge in [0.25, 0.3) is 0 Å². The molecule has 0 unspecified atom stereocenters. The minimum Gasteiger partial charge on any atom is -0.393 e. The van der Waals surface area contributed by atoms with Crippen molar-refractivity contribution in [1.29, 1.82) is 0 Å². The summed E-state index contributed by atoms with van der Waals surface area (Å²) in [6.07, 6.45) is 6.47. The Kier molecular flexibility index (Phi) is 6.81. The molecule has 0 aromatic carbocycles. The molecule has 0 spiro atoms. The summed E-state index contributed by atoms with van der Waals surface area (Å²) in [4.78, 5) is 20.5. The van der Waals surface area contributed by atoms with Crippen LogP contribution in [0, 0.1) is 5.92 Å². The summed E-state index contributed by atoms with van der Waals surface area (Å²) in [6, 6.07) is 0.0612. The maximum Gasteiger partial charge on any atom is 0.247 e. The zero-order valence-corrected chi connectivity index (χ0v) is 16.2. The van der Waals surface area contributed by atoms with E-state index in [2.05, 4.69) is 36.2 Å². The molecule has 0 heterocycles. The Morgan fingerprint density at radius 1 is 1.31 bits per heavy atom. The number of amides is 1. The lowest BCUT2D eigenvalue weighted by Gasteiger charge is -2.33. The van der Waals surface area contributed by atoms with E-state index in [1.54, 1.807) is 6.92 Å². The van der Waals surface area contributed by atoms with Crippen LogP contribution in [-0.4, -0.2) is 41.4 Å². The fraction of sp³-hybridized carbons (Fsp3) is 0.737. The van der Waals surface area contributed by atoms with Gasteiger partial charge in [0.1, 0.15) is 5.82 Å². The maximum absolute atomic E-state index is 11.7. The number of aliphatic imine (C=N–C) groups is 2. The molecule has 0 bridgehead atoms. The number of nitrogens with one attached hydrogen (secondary N) is 2. The third-order valence-corrected chi connectivity index (χ3v) is 5.69. The van der Waals surface area contributed by atoms with Crippen LogP contribution < -0.4 is 16.4 Å². The molecule has 0 aliphatic heterocycles. The van der Waals surface area contributed by atoms with Crippen LogP contribution in [0.5, 0.6) is 0 Å². The molecule has 0 aromatic heterocycles. The van der Waals surface area contributed by atoms with Crippen molar-refractivity contribution in [3.63, 3.8) is 0 Å². The van der Waals surface area contributed by atoms with Crippen LogP contribution in [0.2, 0.25) is 0 Å². The van der Waals surface area contributed by atoms with Crippen LogP contribution in [0.3, 0.4) is 0 Å². The molecule has 0 saturated heterocycles. The first-order chi connectivity index (χ1) is 12.2. The predicted octanol–water partition coefficient (Wildman–Crippen LogP) is 1.82. The van der Waals surface area contributed by atoms with Crippen molar-refractivity contribution in [3.8, 4) is 0 Å². The molecule has 1 amide bonds. The monoisotopic (exact) mass is 363 g/mol. The number of primary amides is 1. The number of carbonyl (C=O) groups is 1. The molecule has 2 aliphatic carbocycles. The van der Waals surface area contributed by atoms with E-state index in [9.17, 15) is 9.90 Å². The molecule has 7 nitrogen and oxygen atoms in total. The largest absolute Gasteiger partial charge is 0.393 e. The molecular weight excluding hydrogens is 330 g/mol. The molecule has 26 heavy (non-hydrogen) atoms. The van der Waals surface area contributed by atoms with Gasteiger partial charge in [0.2, 0.25) is 11.9 Å². The number of rotatable bonds is 5. The van der Waals surface area contributed by atoms with E-state index in [-0.39, 0.29) is 17.7 Å². The van der Waals surface area contributed by atoms with Gasteiger partial charge in [-0.1, -0.05) is 19.8 Å². The highest BCUT2D eigenvalue weighted by Crippen LogP contribution is 2.32. The Labute approximate surface area is 156 Å². The molecule has 7 heteroatoms. The quantitative estimate of drug-likeness (QED) is 0.339. The number of hydrogen-bond acceptors (Lipinski definition) is 4. The Balaban J connectivity index is 2.17. The fourth-order valence-corrected chi connectivity index (χ4v) is 3.71. The molecule has 0 aromatic rings. The summed E-state index contributed by atoms with van der Waals surface area (Å²) in [5, 5.41) is 16.6. The van der Waals surface area contributed by atoms with Gasteiger partial charge in [0.15, 0.2) is 0 Å². The minimum absolute atomic E-state index is 0.0612. The Morgan fingerprint density at radius 3 is 2.50 bits per heavy atom. The van der Waals surface area contributed by atoms with Gasteiger partial charge in [-0.15, -0.1) is 0 Å². The van der Waals surface area contributed by atoms with Crippen molar-refractivity contribution in [2.45, 2.75) is 83.4 Å². The summed E-state index contributed by atoms with van der Waals surface area (Å²) >= 11 is 0. The standard InChI is InChI=1S/C19H33N5O2/c1-12-7-8-14(11-15(12)25)22-17(13(2)16(20)26)23-18(21-4)24-19(3)9-5-6-10-19/h12,14-15,22,25H,4-11H2,1-3H3,(H2,20,26)(H,23,24)/b17-13+/t12-,14-,15-/m1/s1. The maximum atomic E-state index is 11.7. The van der Waals surface area contributed by atoms with Crippen LogP contribution in [0.25, 0.3) is 0 Å². The van der Waals surface area contributed by atoms with Gasteiger partial charge in [0, 0.05) is 6.04 Å². The SMILES string of the molecule is C=NC(=NC1(C)CCCC1)N/C(N[C@@H]1CC[C@@H](C)[C@H](O)C1)=C(\C)C(N)=O. The van der Waals surface area contributed by atoms with Gasteiger partial charge in [-0.25, -0.2) is 9.98 Å². The summed E-state index contributed by atoms with van der Waals surface area (Å²) in [5.41, 5.74) is 5.72. The zero-order valence-electron chi connectivity index (χ0n) is 16.2. The Morgan fingerprint density at radius 2 is 1.96 bits per heavy atom. The smallest absolute Gasteiger partial charge is 0.247 e. The topological polar surface area (TPSA) is 112 Å². The number of nitrogens with zero attached hydrogens (tertiary/aromatic N) is 2. The lowest BCUT2D eigenvalue weighted by molar-refractivity contribution is -0.114. The molecule has 2 fully saturated rings. The molecule has 2 aliphatic rings. The lowest BCUT2D eigenvalue weighted by Crippen LogP contribution is -2.44. The van der Waals surface area contributed by atoms with Crippen molar-refractivity contribution in [1.82, 2.24) is 10.6 Å². The highest BCUT2D eigenvalue weighted by molar-refractivity contribution is 5.94. The number of aliphatic hydroxyl groups is 1. The first-order valence-electron chi connectivity index (χ1n) is 9.53. The summed E-state index contributed by atoms with van der Waals surface area (Å²) in [6.45, 7) is 9.44. The second-order valence-electron chi connectivity index (χ2n) is 7.99. The van der Waals surface area contributed by atoms with Crippen molar-refractivity contribution in [3.05, 3.63) is 11.4 Å². The average molecular weight is 364 g/mol. The van der Waals surface area contributed by atoms with Gasteiger partial charge in [0.05, 0.1) is 17.2 Å². The van der Waals surface area contributed by atoms with Gasteiger partial charge in [-0.05, 0) is 58.6 Å². The van der Waals surface area contributed by atoms with E-state index in [0.717, 1.165) is 38.5 Å². The van der Waals surface area contributed by atoms with Gasteiger partial charge >= 0.3 is 0 Å². The van der Waals surface area contributed by atoms with Crippen molar-refractivity contribution < 1.29 is 9.90 Å². The third-order valence-electron chi connectivity index (χ3n) is 5.69. The van der Waals surface area contributed by atoms with Gasteiger partial charge in [-0.3, -0.25) is 4.79 Å². The van der Waals surface area contributed by atoms with Crippen LogP contribution in [0.4, 0.5) is 0 Å². The fourth-order valence-electron chi connectivity index (χ4n) is 3.71. The molecular formula is C19H33N5O2.